The maximum atomic E-state index is 9.26. The van der Waals surface area contributed by atoms with Gasteiger partial charge in [0.1, 0.15) is 18.0 Å². The van der Waals surface area contributed by atoms with Gasteiger partial charge in [-0.05, 0) is 24.6 Å². The van der Waals surface area contributed by atoms with Crippen LogP contribution in [0.25, 0.3) is 6.08 Å². The summed E-state index contributed by atoms with van der Waals surface area (Å²) in [6.07, 6.45) is 3.17. The van der Waals surface area contributed by atoms with Crippen LogP contribution in [0.3, 0.4) is 0 Å². The average Bonchev–Trinajstić information content (AvgIpc) is 3.29. The van der Waals surface area contributed by atoms with Crippen molar-refractivity contribution in [2.24, 2.45) is 0 Å². The van der Waals surface area contributed by atoms with Crippen LogP contribution < -0.4 is 0 Å². The van der Waals surface area contributed by atoms with Gasteiger partial charge in [-0.2, -0.15) is 0 Å². The fourth-order valence-corrected chi connectivity index (χ4v) is 1.62. The van der Waals surface area contributed by atoms with Gasteiger partial charge in [0.05, 0.1) is 32.7 Å². The maximum Gasteiger partial charge on any atom is 0.123 e. The summed E-state index contributed by atoms with van der Waals surface area (Å²) in [6.45, 7) is 5.13. The molecule has 2 aliphatic rings. The highest BCUT2D eigenvalue weighted by Gasteiger charge is 2.26. The Labute approximate surface area is 118 Å². The van der Waals surface area contributed by atoms with E-state index in [-0.39, 0.29) is 5.75 Å². The summed E-state index contributed by atoms with van der Waals surface area (Å²) in [5.41, 5.74) is 1.60. The standard InChI is InChI=1S/C9H10O2.C6H10O3/c1-7-3-2-4-9(11)8(7)5-6-10;1(5-3-8-5)7-2-6-4-9-6/h2-6,10-11H,1H3;5-6H,1-4H2. The zero-order valence-corrected chi connectivity index (χ0v) is 11.5. The highest BCUT2D eigenvalue weighted by atomic mass is 16.6. The van der Waals surface area contributed by atoms with Crippen LogP contribution >= 0.6 is 0 Å². The fourth-order valence-electron chi connectivity index (χ4n) is 1.62. The molecule has 5 heteroatoms. The van der Waals surface area contributed by atoms with Gasteiger partial charge >= 0.3 is 0 Å². The largest absolute Gasteiger partial charge is 0.516 e. The van der Waals surface area contributed by atoms with Crippen molar-refractivity contribution in [1.82, 2.24) is 0 Å². The maximum absolute atomic E-state index is 9.26. The molecule has 1 aromatic carbocycles. The van der Waals surface area contributed by atoms with Gasteiger partial charge in [-0.25, -0.2) is 0 Å². The van der Waals surface area contributed by atoms with Crippen molar-refractivity contribution < 1.29 is 24.4 Å². The fraction of sp³-hybridized carbons (Fsp3) is 0.467. The topological polar surface area (TPSA) is 74.8 Å². The van der Waals surface area contributed by atoms with Crippen LogP contribution in [-0.4, -0.2) is 48.8 Å². The van der Waals surface area contributed by atoms with Crippen molar-refractivity contribution in [3.63, 3.8) is 0 Å². The van der Waals surface area contributed by atoms with Crippen molar-refractivity contribution in [3.8, 4) is 5.75 Å². The SMILES string of the molecule is C(OCC1CO1)C1CO1.Cc1cccc(O)c1C=CO. The van der Waals surface area contributed by atoms with E-state index in [1.54, 1.807) is 12.1 Å². The molecule has 2 fully saturated rings. The number of phenols is 1. The molecule has 1 aromatic rings. The van der Waals surface area contributed by atoms with Crippen LogP contribution in [0.5, 0.6) is 5.75 Å². The smallest absolute Gasteiger partial charge is 0.123 e. The van der Waals surface area contributed by atoms with Crippen molar-refractivity contribution in [2.45, 2.75) is 19.1 Å². The number of benzene rings is 1. The molecule has 2 N–H and O–H groups in total. The van der Waals surface area contributed by atoms with E-state index >= 15 is 0 Å². The summed E-state index contributed by atoms with van der Waals surface area (Å²) >= 11 is 0. The molecular weight excluding hydrogens is 260 g/mol. The summed E-state index contributed by atoms with van der Waals surface area (Å²) in [5, 5.41) is 17.7. The van der Waals surface area contributed by atoms with E-state index in [9.17, 15) is 5.11 Å². The van der Waals surface area contributed by atoms with E-state index in [1.165, 1.54) is 6.08 Å². The molecule has 5 nitrogen and oxygen atoms in total. The third kappa shape index (κ3) is 5.21. The van der Waals surface area contributed by atoms with E-state index in [0.717, 1.165) is 38.3 Å². The van der Waals surface area contributed by atoms with Gasteiger partial charge in [0.25, 0.3) is 0 Å². The quantitative estimate of drug-likeness (QED) is 0.637. The number of aryl methyl sites for hydroxylation is 1. The minimum Gasteiger partial charge on any atom is -0.516 e. The molecule has 0 radical (unpaired) electrons. The molecule has 110 valence electrons. The molecule has 0 aliphatic carbocycles. The van der Waals surface area contributed by atoms with Gasteiger partial charge in [-0.3, -0.25) is 0 Å². The third-order valence-corrected chi connectivity index (χ3v) is 2.95. The average molecular weight is 280 g/mol. The normalized spacial score (nSPS) is 23.2. The highest BCUT2D eigenvalue weighted by molar-refractivity contribution is 5.59. The molecule has 0 spiro atoms. The first-order chi connectivity index (χ1) is 9.70. The molecule has 2 saturated heterocycles. The first-order valence-electron chi connectivity index (χ1n) is 6.61. The Kier molecular flexibility index (Phi) is 5.40. The molecule has 0 saturated carbocycles. The molecule has 0 amide bonds. The Morgan fingerprint density at radius 1 is 1.25 bits per heavy atom. The lowest BCUT2D eigenvalue weighted by Gasteiger charge is -2.01. The van der Waals surface area contributed by atoms with Crippen molar-refractivity contribution in [3.05, 3.63) is 35.6 Å². The second-order valence-corrected chi connectivity index (χ2v) is 4.77. The van der Waals surface area contributed by atoms with Gasteiger partial charge in [-0.15, -0.1) is 0 Å². The zero-order chi connectivity index (χ0) is 14.4. The Balaban J connectivity index is 0.000000149. The molecule has 2 aliphatic heterocycles. The summed E-state index contributed by atoms with van der Waals surface area (Å²) in [4.78, 5) is 0. The number of phenolic OH excluding ortho intramolecular Hbond substituents is 1. The first-order valence-corrected chi connectivity index (χ1v) is 6.61. The minimum absolute atomic E-state index is 0.190. The second kappa shape index (κ2) is 7.28. The van der Waals surface area contributed by atoms with Gasteiger partial charge < -0.3 is 24.4 Å². The predicted molar refractivity (Wildman–Crippen MR) is 74.8 cm³/mol. The lowest BCUT2D eigenvalue weighted by Crippen LogP contribution is -2.06. The third-order valence-electron chi connectivity index (χ3n) is 2.95. The summed E-state index contributed by atoms with van der Waals surface area (Å²) < 4.78 is 15.1. The lowest BCUT2D eigenvalue weighted by molar-refractivity contribution is 0.102. The summed E-state index contributed by atoms with van der Waals surface area (Å²) in [5.74, 6) is 0.190. The molecule has 0 aromatic heterocycles. The summed E-state index contributed by atoms with van der Waals surface area (Å²) in [6, 6.07) is 5.22. The molecule has 2 atom stereocenters. The summed E-state index contributed by atoms with van der Waals surface area (Å²) in [7, 11) is 0. The van der Waals surface area contributed by atoms with E-state index in [0.29, 0.717) is 17.8 Å². The van der Waals surface area contributed by atoms with E-state index in [1.807, 2.05) is 13.0 Å². The number of aliphatic hydroxyl groups is 1. The Morgan fingerprint density at radius 2 is 1.85 bits per heavy atom. The Hall–Kier alpha value is -1.56. The number of hydrogen-bond donors (Lipinski definition) is 2. The number of aromatic hydroxyl groups is 1. The van der Waals surface area contributed by atoms with E-state index in [4.69, 9.17) is 19.3 Å². The van der Waals surface area contributed by atoms with Crippen LogP contribution in [0, 0.1) is 6.92 Å². The minimum atomic E-state index is 0.190. The molecule has 0 bridgehead atoms. The molecular formula is C15H20O5. The monoisotopic (exact) mass is 280 g/mol. The van der Waals surface area contributed by atoms with Crippen LogP contribution in [0.15, 0.2) is 24.5 Å². The molecule has 2 heterocycles. The van der Waals surface area contributed by atoms with Crippen molar-refractivity contribution >= 4 is 6.08 Å². The van der Waals surface area contributed by atoms with Gasteiger partial charge in [0.2, 0.25) is 0 Å². The first kappa shape index (κ1) is 14.8. The Morgan fingerprint density at radius 3 is 2.30 bits per heavy atom. The lowest BCUT2D eigenvalue weighted by atomic mass is 10.1. The number of ether oxygens (including phenoxy) is 3. The predicted octanol–water partition coefficient (Wildman–Crippen LogP) is 2.03. The zero-order valence-electron chi connectivity index (χ0n) is 11.5. The Bertz CT molecular complexity index is 417. The number of epoxide rings is 2. The highest BCUT2D eigenvalue weighted by Crippen LogP contribution is 2.21. The number of hydrogen-bond acceptors (Lipinski definition) is 5. The van der Waals surface area contributed by atoms with Crippen LogP contribution in [-0.2, 0) is 14.2 Å². The van der Waals surface area contributed by atoms with E-state index < -0.39 is 0 Å². The van der Waals surface area contributed by atoms with Crippen molar-refractivity contribution in [1.29, 1.82) is 0 Å². The van der Waals surface area contributed by atoms with Crippen LogP contribution in [0.2, 0.25) is 0 Å². The van der Waals surface area contributed by atoms with E-state index in [2.05, 4.69) is 0 Å². The number of rotatable bonds is 5. The molecule has 2 unspecified atom stereocenters. The van der Waals surface area contributed by atoms with Crippen LogP contribution in [0.4, 0.5) is 0 Å². The van der Waals surface area contributed by atoms with Gasteiger partial charge in [-0.1, -0.05) is 12.1 Å². The van der Waals surface area contributed by atoms with Gasteiger partial charge in [0.15, 0.2) is 0 Å². The number of aliphatic hydroxyl groups excluding tert-OH is 1. The van der Waals surface area contributed by atoms with Crippen molar-refractivity contribution in [2.75, 3.05) is 26.4 Å². The van der Waals surface area contributed by atoms with Crippen LogP contribution in [0.1, 0.15) is 11.1 Å². The second-order valence-electron chi connectivity index (χ2n) is 4.77. The molecule has 20 heavy (non-hydrogen) atoms. The molecule has 3 rings (SSSR count). The van der Waals surface area contributed by atoms with Gasteiger partial charge in [0, 0.05) is 5.56 Å².